The molecular weight excluding hydrogens is 260 g/mol. The Labute approximate surface area is 106 Å². The number of nitrogens with two attached hydrogens (primary N) is 1. The van der Waals surface area contributed by atoms with E-state index >= 15 is 0 Å². The Morgan fingerprint density at radius 3 is 2.88 bits per heavy atom. The van der Waals surface area contributed by atoms with Gasteiger partial charge >= 0.3 is 0 Å². The van der Waals surface area contributed by atoms with E-state index in [9.17, 15) is 8.42 Å². The summed E-state index contributed by atoms with van der Waals surface area (Å²) in [5.41, 5.74) is 6.27. The van der Waals surface area contributed by atoms with Crippen LogP contribution >= 0.6 is 11.3 Å². The first kappa shape index (κ1) is 14.6. The van der Waals surface area contributed by atoms with E-state index in [0.29, 0.717) is 36.9 Å². The van der Waals surface area contributed by atoms with Crippen molar-refractivity contribution in [1.29, 1.82) is 0 Å². The normalized spacial score (nSPS) is 11.9. The van der Waals surface area contributed by atoms with Crippen LogP contribution in [0.3, 0.4) is 0 Å². The van der Waals surface area contributed by atoms with E-state index in [4.69, 9.17) is 10.5 Å². The summed E-state index contributed by atoms with van der Waals surface area (Å²) in [6, 6.07) is 1.61. The predicted octanol–water partition coefficient (Wildman–Crippen LogP) is 0.912. The fourth-order valence-electron chi connectivity index (χ4n) is 1.20. The SMILES string of the molecule is CCOCCCNS(=O)(=O)c1cc(CN)cs1. The van der Waals surface area contributed by atoms with E-state index < -0.39 is 10.0 Å². The minimum absolute atomic E-state index is 0.314. The molecule has 0 unspecified atom stereocenters. The van der Waals surface area contributed by atoms with Gasteiger partial charge in [0.15, 0.2) is 0 Å². The Hall–Kier alpha value is -0.470. The van der Waals surface area contributed by atoms with Gasteiger partial charge in [-0.2, -0.15) is 0 Å². The van der Waals surface area contributed by atoms with Gasteiger partial charge < -0.3 is 10.5 Å². The third-order valence-corrected chi connectivity index (χ3v) is 5.04. The molecule has 0 fully saturated rings. The molecule has 0 aliphatic heterocycles. The zero-order valence-electron chi connectivity index (χ0n) is 9.81. The number of ether oxygens (including phenoxy) is 1. The molecule has 0 spiro atoms. The highest BCUT2D eigenvalue weighted by atomic mass is 32.2. The Bertz CT molecular complexity index is 429. The van der Waals surface area contributed by atoms with Crippen LogP contribution in [0.5, 0.6) is 0 Å². The number of sulfonamides is 1. The van der Waals surface area contributed by atoms with Gasteiger partial charge in [0.05, 0.1) is 0 Å². The summed E-state index contributed by atoms with van der Waals surface area (Å²) in [6.07, 6.45) is 0.669. The second kappa shape index (κ2) is 7.07. The molecule has 0 atom stereocenters. The molecule has 1 heterocycles. The summed E-state index contributed by atoms with van der Waals surface area (Å²) < 4.78 is 31.6. The molecule has 98 valence electrons. The Balaban J connectivity index is 2.45. The van der Waals surface area contributed by atoms with Gasteiger partial charge in [0.1, 0.15) is 4.21 Å². The number of hydrogen-bond donors (Lipinski definition) is 2. The lowest BCUT2D eigenvalue weighted by Crippen LogP contribution is -2.24. The van der Waals surface area contributed by atoms with Crippen molar-refractivity contribution in [3.63, 3.8) is 0 Å². The molecule has 0 aliphatic rings. The van der Waals surface area contributed by atoms with E-state index in [1.165, 1.54) is 11.3 Å². The maximum Gasteiger partial charge on any atom is 0.250 e. The highest BCUT2D eigenvalue weighted by Gasteiger charge is 2.15. The zero-order chi connectivity index (χ0) is 12.7. The average Bonchev–Trinajstić information content (AvgIpc) is 2.78. The molecule has 0 saturated carbocycles. The van der Waals surface area contributed by atoms with Crippen molar-refractivity contribution in [2.75, 3.05) is 19.8 Å². The van der Waals surface area contributed by atoms with Gasteiger partial charge in [0, 0.05) is 26.3 Å². The maximum atomic E-state index is 11.8. The van der Waals surface area contributed by atoms with E-state index in [2.05, 4.69) is 4.72 Å². The van der Waals surface area contributed by atoms with Gasteiger partial charge in [0.2, 0.25) is 10.0 Å². The second-order valence-electron chi connectivity index (χ2n) is 3.43. The molecule has 1 rings (SSSR count). The first-order valence-corrected chi connectivity index (χ1v) is 7.81. The molecule has 0 aromatic carbocycles. The Kier molecular flexibility index (Phi) is 6.07. The predicted molar refractivity (Wildman–Crippen MR) is 68.5 cm³/mol. The van der Waals surface area contributed by atoms with E-state index in [1.54, 1.807) is 11.4 Å². The lowest BCUT2D eigenvalue weighted by atomic mass is 10.4. The largest absolute Gasteiger partial charge is 0.382 e. The summed E-state index contributed by atoms with van der Waals surface area (Å²) in [7, 11) is -3.38. The smallest absolute Gasteiger partial charge is 0.250 e. The van der Waals surface area contributed by atoms with Crippen molar-refractivity contribution in [2.45, 2.75) is 24.1 Å². The number of hydrogen-bond acceptors (Lipinski definition) is 5. The lowest BCUT2D eigenvalue weighted by molar-refractivity contribution is 0.146. The van der Waals surface area contributed by atoms with Gasteiger partial charge in [-0.05, 0) is 30.4 Å². The van der Waals surface area contributed by atoms with Crippen molar-refractivity contribution < 1.29 is 13.2 Å². The van der Waals surface area contributed by atoms with Crippen molar-refractivity contribution in [2.24, 2.45) is 5.73 Å². The molecule has 1 aromatic heterocycles. The standard InChI is InChI=1S/C10H18N2O3S2/c1-2-15-5-3-4-12-17(13,14)10-6-9(7-11)8-16-10/h6,8,12H,2-5,7,11H2,1H3. The van der Waals surface area contributed by atoms with Crippen LogP contribution in [0.4, 0.5) is 0 Å². The lowest BCUT2D eigenvalue weighted by Gasteiger charge is -2.04. The Morgan fingerprint density at radius 1 is 1.53 bits per heavy atom. The monoisotopic (exact) mass is 278 g/mol. The summed E-state index contributed by atoms with van der Waals surface area (Å²) in [5, 5.41) is 1.76. The van der Waals surface area contributed by atoms with Gasteiger partial charge in [0.25, 0.3) is 0 Å². The zero-order valence-corrected chi connectivity index (χ0v) is 11.4. The molecule has 0 radical (unpaired) electrons. The van der Waals surface area contributed by atoms with E-state index in [-0.39, 0.29) is 0 Å². The minimum atomic E-state index is -3.38. The van der Waals surface area contributed by atoms with E-state index in [1.807, 2.05) is 6.92 Å². The number of rotatable bonds is 8. The first-order valence-electron chi connectivity index (χ1n) is 5.45. The fourth-order valence-corrected chi connectivity index (χ4v) is 3.54. The van der Waals surface area contributed by atoms with Crippen LogP contribution in [-0.2, 0) is 21.3 Å². The van der Waals surface area contributed by atoms with Gasteiger partial charge in [-0.3, -0.25) is 0 Å². The van der Waals surface area contributed by atoms with Crippen LogP contribution in [0, 0.1) is 0 Å². The topological polar surface area (TPSA) is 81.4 Å². The van der Waals surface area contributed by atoms with Gasteiger partial charge in [-0.15, -0.1) is 11.3 Å². The first-order chi connectivity index (χ1) is 8.10. The molecular formula is C10H18N2O3S2. The second-order valence-corrected chi connectivity index (χ2v) is 6.33. The van der Waals surface area contributed by atoms with Crippen molar-refractivity contribution >= 4 is 21.4 Å². The molecule has 3 N–H and O–H groups in total. The van der Waals surface area contributed by atoms with E-state index in [0.717, 1.165) is 5.56 Å². The third kappa shape index (κ3) is 4.72. The van der Waals surface area contributed by atoms with Crippen LogP contribution in [0.15, 0.2) is 15.7 Å². The number of nitrogens with one attached hydrogen (secondary N) is 1. The maximum absolute atomic E-state index is 11.8. The van der Waals surface area contributed by atoms with Crippen LogP contribution < -0.4 is 10.5 Å². The Morgan fingerprint density at radius 2 is 2.29 bits per heavy atom. The summed E-state index contributed by atoms with van der Waals surface area (Å²) >= 11 is 1.19. The van der Waals surface area contributed by atoms with Crippen molar-refractivity contribution in [3.8, 4) is 0 Å². The van der Waals surface area contributed by atoms with Crippen molar-refractivity contribution in [1.82, 2.24) is 4.72 Å². The highest BCUT2D eigenvalue weighted by Crippen LogP contribution is 2.19. The third-order valence-electron chi connectivity index (χ3n) is 2.09. The molecule has 7 heteroatoms. The molecule has 1 aromatic rings. The van der Waals surface area contributed by atoms with Crippen molar-refractivity contribution in [3.05, 3.63) is 17.0 Å². The quantitative estimate of drug-likeness (QED) is 0.693. The summed E-state index contributed by atoms with van der Waals surface area (Å²) in [5.74, 6) is 0. The molecule has 17 heavy (non-hydrogen) atoms. The van der Waals surface area contributed by atoms with Crippen LogP contribution in [0.1, 0.15) is 18.9 Å². The van der Waals surface area contributed by atoms with Gasteiger partial charge in [-0.25, -0.2) is 13.1 Å². The van der Waals surface area contributed by atoms with Crippen LogP contribution in [-0.4, -0.2) is 28.2 Å². The molecule has 0 amide bonds. The van der Waals surface area contributed by atoms with Gasteiger partial charge in [-0.1, -0.05) is 0 Å². The fraction of sp³-hybridized carbons (Fsp3) is 0.600. The molecule has 0 bridgehead atoms. The molecule has 5 nitrogen and oxygen atoms in total. The van der Waals surface area contributed by atoms with Crippen LogP contribution in [0.25, 0.3) is 0 Å². The highest BCUT2D eigenvalue weighted by molar-refractivity contribution is 7.91. The average molecular weight is 278 g/mol. The summed E-state index contributed by atoms with van der Waals surface area (Å²) in [4.78, 5) is 0. The minimum Gasteiger partial charge on any atom is -0.382 e. The molecule has 0 aliphatic carbocycles. The molecule has 0 saturated heterocycles. The van der Waals surface area contributed by atoms with Crippen LogP contribution in [0.2, 0.25) is 0 Å². The summed E-state index contributed by atoms with van der Waals surface area (Å²) in [6.45, 7) is 3.87. The number of thiophene rings is 1.